The number of fused-ring (bicyclic) bond motifs is 1. The van der Waals surface area contributed by atoms with Gasteiger partial charge in [0.2, 0.25) is 11.2 Å². The second-order valence-electron chi connectivity index (χ2n) is 8.43. The van der Waals surface area contributed by atoms with Gasteiger partial charge in [0.15, 0.2) is 11.5 Å². The SMILES string of the molecule is O=C1N(C2CCC(O)CC2)CC[C@@]12CCCN(c1nc(Cl)nc3nc[nH]c13)C2. The summed E-state index contributed by atoms with van der Waals surface area (Å²) < 4.78 is 0. The highest BCUT2D eigenvalue weighted by molar-refractivity contribution is 6.28. The molecule has 3 aliphatic rings. The molecule has 2 aliphatic heterocycles. The molecule has 2 N–H and O–H groups in total. The van der Waals surface area contributed by atoms with E-state index in [9.17, 15) is 9.90 Å². The van der Waals surface area contributed by atoms with Crippen LogP contribution in [0.25, 0.3) is 11.2 Å². The molecule has 9 heteroatoms. The minimum Gasteiger partial charge on any atom is -0.393 e. The Morgan fingerprint density at radius 2 is 2.00 bits per heavy atom. The van der Waals surface area contributed by atoms with Crippen molar-refractivity contribution in [1.29, 1.82) is 0 Å². The molecule has 1 aliphatic carbocycles. The van der Waals surface area contributed by atoms with E-state index in [1.807, 2.05) is 0 Å². The Morgan fingerprint density at radius 1 is 1.18 bits per heavy atom. The molecule has 1 spiro atoms. The molecule has 1 saturated carbocycles. The van der Waals surface area contributed by atoms with E-state index in [4.69, 9.17) is 11.6 Å². The summed E-state index contributed by atoms with van der Waals surface area (Å²) >= 11 is 6.12. The van der Waals surface area contributed by atoms with Crippen LogP contribution in [-0.2, 0) is 4.79 Å². The van der Waals surface area contributed by atoms with Crippen LogP contribution in [0.15, 0.2) is 6.33 Å². The maximum atomic E-state index is 13.5. The molecule has 8 nitrogen and oxygen atoms in total. The molecule has 2 aromatic heterocycles. The van der Waals surface area contributed by atoms with Crippen molar-refractivity contribution in [2.24, 2.45) is 5.41 Å². The highest BCUT2D eigenvalue weighted by Crippen LogP contribution is 2.43. The maximum absolute atomic E-state index is 13.5. The van der Waals surface area contributed by atoms with Crippen LogP contribution in [-0.4, -0.2) is 67.6 Å². The lowest BCUT2D eigenvalue weighted by Crippen LogP contribution is -2.50. The summed E-state index contributed by atoms with van der Waals surface area (Å²) in [5.74, 6) is 1.01. The van der Waals surface area contributed by atoms with E-state index in [1.54, 1.807) is 6.33 Å². The van der Waals surface area contributed by atoms with E-state index in [1.165, 1.54) is 0 Å². The zero-order valence-electron chi connectivity index (χ0n) is 15.8. The van der Waals surface area contributed by atoms with Gasteiger partial charge in [-0.05, 0) is 56.5 Å². The molecule has 150 valence electrons. The topological polar surface area (TPSA) is 98.2 Å². The highest BCUT2D eigenvalue weighted by atomic mass is 35.5. The Labute approximate surface area is 168 Å². The third-order valence-electron chi connectivity index (χ3n) is 6.77. The van der Waals surface area contributed by atoms with Gasteiger partial charge in [0.25, 0.3) is 0 Å². The molecule has 5 rings (SSSR count). The minimum atomic E-state index is -0.349. The monoisotopic (exact) mass is 404 g/mol. The average molecular weight is 405 g/mol. The number of carbonyl (C=O) groups is 1. The first kappa shape index (κ1) is 18.1. The van der Waals surface area contributed by atoms with Crippen LogP contribution < -0.4 is 4.90 Å². The Kier molecular flexibility index (Phi) is 4.43. The molecule has 3 fully saturated rings. The van der Waals surface area contributed by atoms with Gasteiger partial charge in [-0.15, -0.1) is 0 Å². The number of carbonyl (C=O) groups excluding carboxylic acids is 1. The Balaban J connectivity index is 1.39. The predicted octanol–water partition coefficient (Wildman–Crippen LogP) is 2.13. The van der Waals surface area contributed by atoms with Crippen LogP contribution in [0.5, 0.6) is 0 Å². The Hall–Kier alpha value is -1.93. The fraction of sp³-hybridized carbons (Fsp3) is 0.684. The molecule has 1 amide bonds. The number of nitrogens with one attached hydrogen (secondary N) is 1. The zero-order chi connectivity index (χ0) is 19.3. The number of aliphatic hydroxyl groups excluding tert-OH is 1. The molecule has 2 aromatic rings. The number of anilines is 1. The van der Waals surface area contributed by atoms with E-state index in [0.29, 0.717) is 12.2 Å². The molecule has 0 unspecified atom stereocenters. The van der Waals surface area contributed by atoms with Gasteiger partial charge in [0, 0.05) is 25.7 Å². The molecule has 0 bridgehead atoms. The van der Waals surface area contributed by atoms with Crippen molar-refractivity contribution >= 4 is 34.5 Å². The summed E-state index contributed by atoms with van der Waals surface area (Å²) in [5.41, 5.74) is 0.970. The van der Waals surface area contributed by atoms with Gasteiger partial charge in [-0.2, -0.15) is 9.97 Å². The number of aromatic amines is 1. The number of likely N-dealkylation sites (tertiary alicyclic amines) is 1. The van der Waals surface area contributed by atoms with Crippen molar-refractivity contribution in [3.05, 3.63) is 11.6 Å². The summed E-state index contributed by atoms with van der Waals surface area (Å²) in [7, 11) is 0. The lowest BCUT2D eigenvalue weighted by molar-refractivity contribution is -0.139. The van der Waals surface area contributed by atoms with Crippen LogP contribution in [0.1, 0.15) is 44.9 Å². The van der Waals surface area contributed by atoms with Crippen LogP contribution in [0, 0.1) is 5.41 Å². The van der Waals surface area contributed by atoms with Crippen molar-refractivity contribution in [2.75, 3.05) is 24.5 Å². The van der Waals surface area contributed by atoms with Crippen molar-refractivity contribution in [3.63, 3.8) is 0 Å². The number of piperidine rings is 1. The Morgan fingerprint density at radius 3 is 2.82 bits per heavy atom. The highest BCUT2D eigenvalue weighted by Gasteiger charge is 2.51. The number of H-pyrrole nitrogens is 1. The van der Waals surface area contributed by atoms with Gasteiger partial charge in [-0.1, -0.05) is 0 Å². The fourth-order valence-electron chi connectivity index (χ4n) is 5.28. The van der Waals surface area contributed by atoms with E-state index >= 15 is 0 Å². The standard InChI is InChI=1S/C19H25ClN6O2/c20-18-23-15-14(21-11-22-15)16(24-18)25-8-1-6-19(10-25)7-9-26(17(19)28)12-2-4-13(27)5-3-12/h11-13,27H,1-10H2,(H,21,22,23,24)/t12?,13?,19-/m1/s1. The van der Waals surface area contributed by atoms with Crippen LogP contribution in [0.4, 0.5) is 5.82 Å². The molecule has 28 heavy (non-hydrogen) atoms. The van der Waals surface area contributed by atoms with Crippen LogP contribution in [0.3, 0.4) is 0 Å². The third kappa shape index (κ3) is 2.93. The van der Waals surface area contributed by atoms with Gasteiger partial charge in [0.05, 0.1) is 17.8 Å². The molecule has 0 aromatic carbocycles. The number of hydrogen-bond acceptors (Lipinski definition) is 6. The quantitative estimate of drug-likeness (QED) is 0.744. The number of imidazole rings is 1. The van der Waals surface area contributed by atoms with Gasteiger partial charge in [-0.3, -0.25) is 4.79 Å². The van der Waals surface area contributed by atoms with Crippen molar-refractivity contribution < 1.29 is 9.90 Å². The summed E-state index contributed by atoms with van der Waals surface area (Å²) in [6.07, 6.45) is 7.54. The van der Waals surface area contributed by atoms with Gasteiger partial charge >= 0.3 is 0 Å². The molecule has 4 heterocycles. The predicted molar refractivity (Wildman–Crippen MR) is 105 cm³/mol. The van der Waals surface area contributed by atoms with Crippen molar-refractivity contribution in [3.8, 4) is 0 Å². The fourth-order valence-corrected chi connectivity index (χ4v) is 5.44. The lowest BCUT2D eigenvalue weighted by atomic mass is 9.78. The largest absolute Gasteiger partial charge is 0.393 e. The normalized spacial score (nSPS) is 31.3. The van der Waals surface area contributed by atoms with Crippen molar-refractivity contribution in [2.45, 2.75) is 57.1 Å². The van der Waals surface area contributed by atoms with E-state index in [0.717, 1.165) is 69.4 Å². The molecular formula is C19H25ClN6O2. The minimum absolute atomic E-state index is 0.175. The molecule has 2 saturated heterocycles. The summed E-state index contributed by atoms with van der Waals surface area (Å²) in [5, 5.41) is 9.96. The zero-order valence-corrected chi connectivity index (χ0v) is 16.5. The van der Waals surface area contributed by atoms with E-state index in [2.05, 4.69) is 29.7 Å². The second kappa shape index (κ2) is 6.84. The Bertz CT molecular complexity index is 896. The average Bonchev–Trinajstić information content (AvgIpc) is 3.28. The third-order valence-corrected chi connectivity index (χ3v) is 6.94. The first-order chi connectivity index (χ1) is 13.6. The molecule has 1 atom stereocenters. The number of hydrogen-bond donors (Lipinski definition) is 2. The maximum Gasteiger partial charge on any atom is 0.230 e. The second-order valence-corrected chi connectivity index (χ2v) is 8.77. The first-order valence-electron chi connectivity index (χ1n) is 10.2. The summed E-state index contributed by atoms with van der Waals surface area (Å²) in [6.45, 7) is 2.31. The number of rotatable bonds is 2. The van der Waals surface area contributed by atoms with E-state index < -0.39 is 0 Å². The number of amides is 1. The van der Waals surface area contributed by atoms with Crippen LogP contribution in [0.2, 0.25) is 5.28 Å². The smallest absolute Gasteiger partial charge is 0.230 e. The number of halogens is 1. The summed E-state index contributed by atoms with van der Waals surface area (Å²) in [4.78, 5) is 33.7. The molecule has 0 radical (unpaired) electrons. The number of aromatic nitrogens is 4. The van der Waals surface area contributed by atoms with Crippen LogP contribution >= 0.6 is 11.6 Å². The molecular weight excluding hydrogens is 380 g/mol. The summed E-state index contributed by atoms with van der Waals surface area (Å²) in [6, 6.07) is 0.276. The van der Waals surface area contributed by atoms with Gasteiger partial charge < -0.3 is 19.9 Å². The van der Waals surface area contributed by atoms with E-state index in [-0.39, 0.29) is 28.8 Å². The first-order valence-corrected chi connectivity index (χ1v) is 10.5. The lowest BCUT2D eigenvalue weighted by Gasteiger charge is -2.41. The van der Waals surface area contributed by atoms with Gasteiger partial charge in [-0.25, -0.2) is 4.98 Å². The van der Waals surface area contributed by atoms with Gasteiger partial charge in [0.1, 0.15) is 5.52 Å². The van der Waals surface area contributed by atoms with Crippen molar-refractivity contribution in [1.82, 2.24) is 24.8 Å². The number of aliphatic hydroxyl groups is 1. The number of nitrogens with zero attached hydrogens (tertiary/aromatic N) is 5.